The molecule has 1 aromatic carbocycles. The Labute approximate surface area is 141 Å². The average Bonchev–Trinajstić information content (AvgIpc) is 2.59. The summed E-state index contributed by atoms with van der Waals surface area (Å²) in [5.41, 5.74) is -0.0612. The van der Waals surface area contributed by atoms with Gasteiger partial charge in [0.05, 0.1) is 11.5 Å². The van der Waals surface area contributed by atoms with E-state index in [0.29, 0.717) is 24.2 Å². The summed E-state index contributed by atoms with van der Waals surface area (Å²) in [6.07, 6.45) is 3.05. The molecule has 5 nitrogen and oxygen atoms in total. The molecule has 1 amide bonds. The fourth-order valence-electron chi connectivity index (χ4n) is 3.05. The van der Waals surface area contributed by atoms with Crippen molar-refractivity contribution < 1.29 is 19.4 Å². The van der Waals surface area contributed by atoms with E-state index in [1.54, 1.807) is 31.4 Å². The van der Waals surface area contributed by atoms with Crippen molar-refractivity contribution in [3.8, 4) is 0 Å². The highest BCUT2D eigenvalue weighted by Crippen LogP contribution is 2.39. The lowest BCUT2D eigenvalue weighted by Gasteiger charge is -2.38. The first-order valence-electron chi connectivity index (χ1n) is 7.75. The summed E-state index contributed by atoms with van der Waals surface area (Å²) in [4.78, 5) is 24.3. The number of thiol groups is 1. The molecule has 1 fully saturated rings. The van der Waals surface area contributed by atoms with Crippen molar-refractivity contribution in [1.82, 2.24) is 5.32 Å². The molecule has 1 aliphatic rings. The average molecular weight is 337 g/mol. The van der Waals surface area contributed by atoms with Gasteiger partial charge in [-0.15, -0.1) is 0 Å². The Morgan fingerprint density at radius 3 is 2.43 bits per heavy atom. The first-order valence-corrected chi connectivity index (χ1v) is 8.38. The Kier molecular flexibility index (Phi) is 6.07. The number of nitrogens with one attached hydrogen (secondary N) is 1. The van der Waals surface area contributed by atoms with E-state index in [1.165, 1.54) is 0 Å². The molecular formula is C17H23NO4S. The van der Waals surface area contributed by atoms with Gasteiger partial charge in [-0.1, -0.05) is 30.3 Å². The summed E-state index contributed by atoms with van der Waals surface area (Å²) in [5.74, 6) is -0.904. The Bertz CT molecular complexity index is 541. The quantitative estimate of drug-likeness (QED) is 0.697. The third-order valence-corrected chi connectivity index (χ3v) is 5.27. The van der Waals surface area contributed by atoms with Crippen LogP contribution in [0.1, 0.15) is 37.3 Å². The molecule has 1 saturated carbocycles. The molecule has 0 aliphatic heterocycles. The maximum atomic E-state index is 12.8. The van der Waals surface area contributed by atoms with E-state index in [0.717, 1.165) is 12.8 Å². The van der Waals surface area contributed by atoms with Crippen molar-refractivity contribution in [2.45, 2.75) is 37.8 Å². The van der Waals surface area contributed by atoms with Crippen molar-refractivity contribution in [3.63, 3.8) is 0 Å². The topological polar surface area (TPSA) is 75.6 Å². The van der Waals surface area contributed by atoms with Crippen molar-refractivity contribution in [3.05, 3.63) is 35.9 Å². The van der Waals surface area contributed by atoms with Gasteiger partial charge in [0.1, 0.15) is 0 Å². The molecule has 0 radical (unpaired) electrons. The van der Waals surface area contributed by atoms with Crippen molar-refractivity contribution in [2.75, 3.05) is 12.9 Å². The maximum Gasteiger partial charge on any atom is 0.330 e. The largest absolute Gasteiger partial charge is 0.479 e. The van der Waals surface area contributed by atoms with Gasteiger partial charge in [-0.25, -0.2) is 4.79 Å². The number of carbonyl (C=O) groups excluding carboxylic acids is 1. The minimum atomic E-state index is -1.07. The molecule has 6 heteroatoms. The van der Waals surface area contributed by atoms with E-state index in [-0.39, 0.29) is 12.0 Å². The Morgan fingerprint density at radius 1 is 1.35 bits per heavy atom. The summed E-state index contributed by atoms with van der Waals surface area (Å²) in [5, 5.41) is 12.2. The summed E-state index contributed by atoms with van der Waals surface area (Å²) < 4.78 is 5.35. The number of hydrogen-bond acceptors (Lipinski definition) is 4. The SMILES string of the molecule is COC1CCC(CS)(C(=O)N[C@H](C(=O)O)c2ccccc2)CC1. The summed E-state index contributed by atoms with van der Waals surface area (Å²) in [6, 6.07) is 7.69. The predicted octanol–water partition coefficient (Wildman–Crippen LogP) is 2.43. The lowest BCUT2D eigenvalue weighted by molar-refractivity contribution is -0.144. The highest BCUT2D eigenvalue weighted by atomic mass is 32.1. The van der Waals surface area contributed by atoms with Gasteiger partial charge >= 0.3 is 5.97 Å². The van der Waals surface area contributed by atoms with Gasteiger partial charge in [0.2, 0.25) is 5.91 Å². The molecular weight excluding hydrogens is 314 g/mol. The molecule has 23 heavy (non-hydrogen) atoms. The molecule has 1 aromatic rings. The van der Waals surface area contributed by atoms with Gasteiger partial charge in [-0.2, -0.15) is 12.6 Å². The summed E-state index contributed by atoms with van der Waals surface area (Å²) in [6.45, 7) is 0. The van der Waals surface area contributed by atoms with E-state index < -0.39 is 17.4 Å². The minimum absolute atomic E-state index is 0.167. The van der Waals surface area contributed by atoms with Crippen LogP contribution in [0.3, 0.4) is 0 Å². The van der Waals surface area contributed by atoms with Crippen LogP contribution >= 0.6 is 12.6 Å². The molecule has 0 unspecified atom stereocenters. The smallest absolute Gasteiger partial charge is 0.330 e. The Hall–Kier alpha value is -1.53. The Morgan fingerprint density at radius 2 is 1.96 bits per heavy atom. The second-order valence-corrected chi connectivity index (χ2v) is 6.35. The fourth-order valence-corrected chi connectivity index (χ4v) is 3.51. The molecule has 126 valence electrons. The number of rotatable bonds is 6. The van der Waals surface area contributed by atoms with Crippen molar-refractivity contribution in [2.24, 2.45) is 5.41 Å². The lowest BCUT2D eigenvalue weighted by atomic mass is 9.73. The first-order chi connectivity index (χ1) is 11.0. The van der Waals surface area contributed by atoms with Crippen LogP contribution in [-0.4, -0.2) is 35.9 Å². The van der Waals surface area contributed by atoms with Crippen LogP contribution in [0.25, 0.3) is 0 Å². The highest BCUT2D eigenvalue weighted by Gasteiger charge is 2.42. The van der Waals surface area contributed by atoms with Gasteiger partial charge in [-0.3, -0.25) is 4.79 Å². The van der Waals surface area contributed by atoms with Gasteiger partial charge in [0, 0.05) is 12.9 Å². The number of methoxy groups -OCH3 is 1. The molecule has 1 atom stereocenters. The van der Waals surface area contributed by atoms with E-state index in [4.69, 9.17) is 4.74 Å². The summed E-state index contributed by atoms with van der Waals surface area (Å²) in [7, 11) is 1.67. The van der Waals surface area contributed by atoms with E-state index in [1.807, 2.05) is 6.07 Å². The molecule has 0 heterocycles. The zero-order valence-corrected chi connectivity index (χ0v) is 14.1. The zero-order valence-electron chi connectivity index (χ0n) is 13.2. The van der Waals surface area contributed by atoms with Gasteiger partial charge < -0.3 is 15.2 Å². The number of carboxylic acids is 1. The first kappa shape index (κ1) is 17.8. The molecule has 1 aliphatic carbocycles. The van der Waals surface area contributed by atoms with Gasteiger partial charge in [0.25, 0.3) is 0 Å². The molecule has 0 spiro atoms. The zero-order chi connectivity index (χ0) is 16.9. The third kappa shape index (κ3) is 4.06. The molecule has 0 aromatic heterocycles. The number of benzene rings is 1. The van der Waals surface area contributed by atoms with E-state index in [9.17, 15) is 14.7 Å². The van der Waals surface area contributed by atoms with Gasteiger partial charge in [-0.05, 0) is 31.2 Å². The summed E-state index contributed by atoms with van der Waals surface area (Å²) >= 11 is 4.36. The Balaban J connectivity index is 2.13. The lowest BCUT2D eigenvalue weighted by Crippen LogP contribution is -2.48. The van der Waals surface area contributed by atoms with Crippen LogP contribution in [0.2, 0.25) is 0 Å². The van der Waals surface area contributed by atoms with Crippen molar-refractivity contribution >= 4 is 24.5 Å². The molecule has 2 rings (SSSR count). The monoisotopic (exact) mass is 337 g/mol. The van der Waals surface area contributed by atoms with Crippen LogP contribution in [0, 0.1) is 5.41 Å². The standard InChI is InChI=1S/C17H23NO4S/c1-22-13-7-9-17(11-23,10-8-13)16(21)18-14(15(19)20)12-5-3-2-4-6-12/h2-6,13-14,23H,7-11H2,1H3,(H,18,21)(H,19,20)/t13?,14-,17?/m0/s1. The molecule has 2 N–H and O–H groups in total. The number of carbonyl (C=O) groups is 2. The highest BCUT2D eigenvalue weighted by molar-refractivity contribution is 7.80. The third-order valence-electron chi connectivity index (χ3n) is 4.66. The molecule has 0 bridgehead atoms. The van der Waals surface area contributed by atoms with Gasteiger partial charge in [0.15, 0.2) is 6.04 Å². The van der Waals surface area contributed by atoms with Crippen LogP contribution in [0.5, 0.6) is 0 Å². The minimum Gasteiger partial charge on any atom is -0.479 e. The second kappa shape index (κ2) is 7.84. The molecule has 0 saturated heterocycles. The van der Waals surface area contributed by atoms with Crippen LogP contribution in [0.4, 0.5) is 0 Å². The van der Waals surface area contributed by atoms with Crippen LogP contribution in [0.15, 0.2) is 30.3 Å². The maximum absolute atomic E-state index is 12.8. The normalized spacial score (nSPS) is 25.6. The number of amides is 1. The number of aliphatic carboxylic acids is 1. The number of ether oxygens (including phenoxy) is 1. The number of hydrogen-bond donors (Lipinski definition) is 3. The van der Waals surface area contributed by atoms with E-state index >= 15 is 0 Å². The fraction of sp³-hybridized carbons (Fsp3) is 0.529. The second-order valence-electron chi connectivity index (χ2n) is 6.03. The predicted molar refractivity (Wildman–Crippen MR) is 90.5 cm³/mol. The van der Waals surface area contributed by atoms with Crippen LogP contribution in [-0.2, 0) is 14.3 Å². The van der Waals surface area contributed by atoms with E-state index in [2.05, 4.69) is 17.9 Å². The number of carboxylic acid groups (broad SMARTS) is 1. The van der Waals surface area contributed by atoms with Crippen molar-refractivity contribution in [1.29, 1.82) is 0 Å². The van der Waals surface area contributed by atoms with Crippen LogP contribution < -0.4 is 5.32 Å².